The van der Waals surface area contributed by atoms with Crippen molar-refractivity contribution in [3.05, 3.63) is 35.9 Å². The number of hydrogen-bond donors (Lipinski definition) is 13. The van der Waals surface area contributed by atoms with Crippen LogP contribution in [0.25, 0.3) is 0 Å². The maximum absolute atomic E-state index is 14.7. The molecule has 1 rings (SSSR count). The summed E-state index contributed by atoms with van der Waals surface area (Å²) in [7, 11) is 1.18. The van der Waals surface area contributed by atoms with Gasteiger partial charge in [0.1, 0.15) is 76.1 Å². The van der Waals surface area contributed by atoms with Gasteiger partial charge in [-0.15, -0.1) is 0 Å². The normalized spacial score (nSPS) is 15.4. The zero-order chi connectivity index (χ0) is 79.1. The smallest absolute Gasteiger partial charge is 0.408 e. The van der Waals surface area contributed by atoms with Crippen LogP contribution in [-0.2, 0) is 83.1 Å². The molecule has 30 heteroatoms. The summed E-state index contributed by atoms with van der Waals surface area (Å²) in [5.74, 6) is -13.8. The summed E-state index contributed by atoms with van der Waals surface area (Å²) in [6, 6.07) is -1.24. The minimum atomic E-state index is -1.84. The first kappa shape index (κ1) is 91.6. The van der Waals surface area contributed by atoms with Gasteiger partial charge in [0, 0.05) is 0 Å². The molecule has 11 atom stereocenters. The van der Waals surface area contributed by atoms with Crippen molar-refractivity contribution in [1.82, 2.24) is 69.1 Å². The van der Waals surface area contributed by atoms with Crippen molar-refractivity contribution >= 4 is 82.9 Å². The SMILES string of the molecule is CC[C@H](C)[C@H](NC(=O)[C@@H](NC(=O)[C@@H](NC(=O)C(C)(C)NC(=O)CNC(=O)[C@@H](NC(=O)OC(C)(C)C)C(C)C)C(C)C)C(C)C)C(=O)NC(C)(C)C(=O)N[C@H](C(=O)N[C@H](C(=O)NC(C)(C)C(=O)N[C@H](C(=O)N[C@H](C(=O)NC(C)(C)C(=O)OC)[C@@H](C)CC)C(C)C)C(C)C)[C@@H](C)OCc1ccccc1. The molecule has 0 bridgehead atoms. The number of benzene rings is 1. The molecule has 0 saturated heterocycles. The van der Waals surface area contributed by atoms with Gasteiger partial charge in [-0.3, -0.25) is 57.5 Å². The second kappa shape index (κ2) is 39.8. The number of esters is 1. The molecule has 578 valence electrons. The molecule has 0 saturated carbocycles. The molecule has 1 aromatic rings. The fourth-order valence-corrected chi connectivity index (χ4v) is 10.0. The van der Waals surface area contributed by atoms with E-state index in [4.69, 9.17) is 14.2 Å². The average molecular weight is 1440 g/mol. The quantitative estimate of drug-likeness (QED) is 0.0421. The molecule has 0 heterocycles. The summed E-state index contributed by atoms with van der Waals surface area (Å²) in [5.41, 5.74) is -6.78. The zero-order valence-corrected chi connectivity index (χ0v) is 65.4. The topological polar surface area (TPSA) is 423 Å². The molecule has 30 nitrogen and oxygen atoms in total. The number of nitrogens with one attached hydrogen (secondary N) is 13. The first-order valence-electron chi connectivity index (χ1n) is 35.1. The van der Waals surface area contributed by atoms with Gasteiger partial charge in [-0.2, -0.15) is 0 Å². The summed E-state index contributed by atoms with van der Waals surface area (Å²) >= 11 is 0. The highest BCUT2D eigenvalue weighted by Crippen LogP contribution is 2.20. The van der Waals surface area contributed by atoms with Crippen LogP contribution in [-0.4, -0.2) is 179 Å². The molecule has 13 amide bonds. The van der Waals surface area contributed by atoms with Gasteiger partial charge in [0.2, 0.25) is 70.9 Å². The van der Waals surface area contributed by atoms with Gasteiger partial charge in [-0.1, -0.05) is 140 Å². The molecule has 0 aliphatic rings. The van der Waals surface area contributed by atoms with Crippen molar-refractivity contribution in [2.24, 2.45) is 41.4 Å². The van der Waals surface area contributed by atoms with E-state index in [2.05, 4.69) is 69.1 Å². The maximum Gasteiger partial charge on any atom is 0.408 e. The van der Waals surface area contributed by atoms with Gasteiger partial charge in [-0.05, 0) is 130 Å². The van der Waals surface area contributed by atoms with E-state index in [0.717, 1.165) is 5.56 Å². The fraction of sp³-hybridized carbons (Fsp3) is 0.722. The van der Waals surface area contributed by atoms with Crippen LogP contribution in [0.3, 0.4) is 0 Å². The molecule has 0 aliphatic heterocycles. The molecule has 0 fully saturated rings. The van der Waals surface area contributed by atoms with Crippen LogP contribution >= 0.6 is 0 Å². The van der Waals surface area contributed by atoms with Crippen molar-refractivity contribution in [2.45, 2.75) is 282 Å². The van der Waals surface area contributed by atoms with Crippen LogP contribution in [0.15, 0.2) is 30.3 Å². The van der Waals surface area contributed by atoms with Crippen LogP contribution < -0.4 is 69.1 Å². The second-order valence-corrected chi connectivity index (χ2v) is 31.1. The van der Waals surface area contributed by atoms with E-state index in [-0.39, 0.29) is 6.61 Å². The van der Waals surface area contributed by atoms with Gasteiger partial charge >= 0.3 is 12.1 Å². The number of rotatable bonds is 39. The van der Waals surface area contributed by atoms with Crippen molar-refractivity contribution < 1.29 is 81.3 Å². The van der Waals surface area contributed by atoms with E-state index >= 15 is 0 Å². The fourth-order valence-electron chi connectivity index (χ4n) is 10.0. The Labute approximate surface area is 603 Å². The molecule has 0 aromatic heterocycles. The van der Waals surface area contributed by atoms with Gasteiger partial charge in [0.25, 0.3) is 0 Å². The first-order valence-corrected chi connectivity index (χ1v) is 35.1. The van der Waals surface area contributed by atoms with E-state index in [1.54, 1.807) is 141 Å². The third-order valence-corrected chi connectivity index (χ3v) is 17.1. The number of alkyl carbamates (subject to hydrolysis) is 1. The Bertz CT molecular complexity index is 3070. The number of hydrogen-bond acceptors (Lipinski definition) is 17. The van der Waals surface area contributed by atoms with Gasteiger partial charge < -0.3 is 83.3 Å². The molecule has 0 radical (unpaired) electrons. The van der Waals surface area contributed by atoms with E-state index in [9.17, 15) is 67.1 Å². The summed E-state index contributed by atoms with van der Waals surface area (Å²) < 4.78 is 16.3. The number of carbonyl (C=O) groups is 14. The molecule has 102 heavy (non-hydrogen) atoms. The van der Waals surface area contributed by atoms with Gasteiger partial charge in [0.05, 0.1) is 26.4 Å². The minimum absolute atomic E-state index is 0.0182. The van der Waals surface area contributed by atoms with Crippen molar-refractivity contribution in [2.75, 3.05) is 13.7 Å². The second-order valence-electron chi connectivity index (χ2n) is 31.1. The standard InChI is InChI=1S/C72H123N13O17/c1-28-42(13)52(76-56(88)48(38(5)6)74-57(89)49(39(7)8)78-63(95)69(19,20)82-46(86)35-73-55(87)47(37(3)4)81-67(99)102-68(16,17)18)61(93)84-71(23,24)65(97)80-54(44(15)101-36-45-33-31-30-32-34-45)59(91)75-51(41(11)12)60(92)83-70(21,22)64(96)79-50(40(9)10)58(90)77-53(43(14)29-2)62(94)85-72(25,26)66(98)100-27/h30-34,37-44,47-54H,28-29,35-36H2,1-27H3,(H,73,87)(H,74,89)(H,75,91)(H,76,88)(H,77,90)(H,78,95)(H,79,96)(H,80,97)(H,81,99)(H,82,86)(H,83,92)(H,84,93)(H,85,94)/t42-,43-,44+,47-,48-,49-,50-,51-,52-,53-,54-/m0/s1. The Morgan fingerprint density at radius 3 is 1.05 bits per heavy atom. The Balaban J connectivity index is 3.49. The highest BCUT2D eigenvalue weighted by atomic mass is 16.6. The molecule has 0 unspecified atom stereocenters. The van der Waals surface area contributed by atoms with Crippen LogP contribution in [0.5, 0.6) is 0 Å². The summed E-state index contributed by atoms with van der Waals surface area (Å²) in [5, 5.41) is 34.6. The molecule has 1 aromatic carbocycles. The monoisotopic (exact) mass is 1440 g/mol. The Morgan fingerprint density at radius 2 is 0.686 bits per heavy atom. The van der Waals surface area contributed by atoms with Crippen molar-refractivity contribution in [1.29, 1.82) is 0 Å². The maximum atomic E-state index is 14.7. The molecule has 13 N–H and O–H groups in total. The third kappa shape index (κ3) is 29.1. The van der Waals surface area contributed by atoms with Crippen molar-refractivity contribution in [3.63, 3.8) is 0 Å². The van der Waals surface area contributed by atoms with Gasteiger partial charge in [-0.25, -0.2) is 9.59 Å². The van der Waals surface area contributed by atoms with Gasteiger partial charge in [0.15, 0.2) is 0 Å². The highest BCUT2D eigenvalue weighted by molar-refractivity contribution is 6.01. The van der Waals surface area contributed by atoms with Crippen LogP contribution in [0, 0.1) is 41.4 Å². The Hall–Kier alpha value is -8.44. The average Bonchev–Trinajstić information content (AvgIpc) is 0.816. The molecular formula is C72H123N13O17. The number of methoxy groups -OCH3 is 1. The minimum Gasteiger partial charge on any atom is -0.467 e. The molecule has 0 aliphatic carbocycles. The number of amides is 13. The lowest BCUT2D eigenvalue weighted by Gasteiger charge is -2.35. The summed E-state index contributed by atoms with van der Waals surface area (Å²) in [6.45, 7) is 40.8. The van der Waals surface area contributed by atoms with E-state index in [1.165, 1.54) is 69.4 Å². The van der Waals surface area contributed by atoms with E-state index in [1.807, 2.05) is 6.92 Å². The number of ether oxygens (including phenoxy) is 3. The number of carbonyl (C=O) groups excluding carboxylic acids is 14. The molecule has 0 spiro atoms. The van der Waals surface area contributed by atoms with Crippen LogP contribution in [0.1, 0.15) is 198 Å². The van der Waals surface area contributed by atoms with Crippen LogP contribution in [0.4, 0.5) is 4.79 Å². The highest BCUT2D eigenvalue weighted by Gasteiger charge is 2.44. The van der Waals surface area contributed by atoms with Crippen molar-refractivity contribution in [3.8, 4) is 0 Å². The first-order chi connectivity index (χ1) is 46.7. The lowest BCUT2D eigenvalue weighted by molar-refractivity contribution is -0.150. The van der Waals surface area contributed by atoms with E-state index in [0.29, 0.717) is 12.8 Å². The zero-order valence-electron chi connectivity index (χ0n) is 65.4. The predicted molar refractivity (Wildman–Crippen MR) is 384 cm³/mol. The van der Waals surface area contributed by atoms with E-state index < -0.39 is 213 Å². The summed E-state index contributed by atoms with van der Waals surface area (Å²) in [4.78, 5) is 194. The lowest BCUT2D eigenvalue weighted by atomic mass is 9.94. The van der Waals surface area contributed by atoms with Crippen LogP contribution in [0.2, 0.25) is 0 Å². The predicted octanol–water partition coefficient (Wildman–Crippen LogP) is 3.12. The summed E-state index contributed by atoms with van der Waals surface area (Å²) in [6.07, 6.45) is -1.14. The third-order valence-electron chi connectivity index (χ3n) is 17.1. The Kier molecular flexibility index (Phi) is 35.8. The lowest BCUT2D eigenvalue weighted by Crippen LogP contribution is -2.66. The largest absolute Gasteiger partial charge is 0.467 e. The molecular weight excluding hydrogens is 1320 g/mol. The Morgan fingerprint density at radius 1 is 0.373 bits per heavy atom.